The van der Waals surface area contributed by atoms with Crippen molar-refractivity contribution in [1.29, 1.82) is 0 Å². The van der Waals surface area contributed by atoms with Gasteiger partial charge in [0.1, 0.15) is 0 Å². The number of rotatable bonds is 4. The lowest BCUT2D eigenvalue weighted by Crippen LogP contribution is -2.28. The molecule has 0 saturated carbocycles. The maximum absolute atomic E-state index is 9.08. The second-order valence-corrected chi connectivity index (χ2v) is 2.63. The van der Waals surface area contributed by atoms with Crippen LogP contribution in [0.3, 0.4) is 0 Å². The van der Waals surface area contributed by atoms with Crippen molar-refractivity contribution < 1.29 is 15.3 Å². The third-order valence-corrected chi connectivity index (χ3v) is 1.45. The molecule has 3 N–H and O–H groups in total. The van der Waals surface area contributed by atoms with Crippen LogP contribution in [0.5, 0.6) is 0 Å². The van der Waals surface area contributed by atoms with Crippen molar-refractivity contribution in [2.24, 2.45) is 0 Å². The van der Waals surface area contributed by atoms with E-state index in [0.717, 1.165) is 0 Å². The second-order valence-electron chi connectivity index (χ2n) is 2.63. The molecule has 0 rings (SSSR count). The minimum absolute atomic E-state index is 0.245. The van der Waals surface area contributed by atoms with Crippen LogP contribution in [0.15, 0.2) is 0 Å². The van der Waals surface area contributed by atoms with Crippen molar-refractivity contribution in [3.8, 4) is 0 Å². The minimum Gasteiger partial charge on any atom is -0.393 e. The lowest BCUT2D eigenvalue weighted by Gasteiger charge is -2.16. The molecule has 0 radical (unpaired) electrons. The third-order valence-electron chi connectivity index (χ3n) is 1.45. The fraction of sp³-hybridized carbons (Fsp3) is 1.00. The average Bonchev–Trinajstić information content (AvgIpc) is 1.85. The van der Waals surface area contributed by atoms with E-state index in [2.05, 4.69) is 0 Å². The van der Waals surface area contributed by atoms with E-state index in [0.29, 0.717) is 6.42 Å². The third kappa shape index (κ3) is 3.82. The standard InChI is InChI=1S/C7H16O3/c1-3-6(9)7(10)4-5(2)8/h5-10H,3-4H2,1-2H3/t5-,6-,7+/m0/s1. The summed E-state index contributed by atoms with van der Waals surface area (Å²) in [4.78, 5) is 0. The van der Waals surface area contributed by atoms with Gasteiger partial charge in [0.15, 0.2) is 0 Å². The van der Waals surface area contributed by atoms with E-state index in [9.17, 15) is 0 Å². The molecule has 0 aromatic carbocycles. The SMILES string of the molecule is CC[C@H](O)[C@H](O)C[C@H](C)O. The lowest BCUT2D eigenvalue weighted by atomic mass is 10.1. The molecule has 3 heteroatoms. The van der Waals surface area contributed by atoms with Crippen molar-refractivity contribution in [2.75, 3.05) is 0 Å². The summed E-state index contributed by atoms with van der Waals surface area (Å²) >= 11 is 0. The Morgan fingerprint density at radius 3 is 1.90 bits per heavy atom. The molecule has 0 aliphatic rings. The summed E-state index contributed by atoms with van der Waals surface area (Å²) in [5, 5.41) is 26.9. The maximum Gasteiger partial charge on any atom is 0.0823 e. The van der Waals surface area contributed by atoms with Crippen molar-refractivity contribution in [2.45, 2.75) is 45.0 Å². The van der Waals surface area contributed by atoms with Crippen molar-refractivity contribution in [3.05, 3.63) is 0 Å². The summed E-state index contributed by atoms with van der Waals surface area (Å²) in [6, 6.07) is 0. The molecule has 0 aromatic rings. The van der Waals surface area contributed by atoms with Crippen molar-refractivity contribution >= 4 is 0 Å². The Morgan fingerprint density at radius 2 is 1.60 bits per heavy atom. The van der Waals surface area contributed by atoms with Gasteiger partial charge in [-0.2, -0.15) is 0 Å². The van der Waals surface area contributed by atoms with Crippen LogP contribution in [0.4, 0.5) is 0 Å². The van der Waals surface area contributed by atoms with E-state index in [-0.39, 0.29) is 6.42 Å². The van der Waals surface area contributed by atoms with Gasteiger partial charge < -0.3 is 15.3 Å². The normalized spacial score (nSPS) is 20.1. The zero-order valence-electron chi connectivity index (χ0n) is 6.49. The van der Waals surface area contributed by atoms with E-state index in [4.69, 9.17) is 15.3 Å². The van der Waals surface area contributed by atoms with Gasteiger partial charge in [-0.3, -0.25) is 0 Å². The minimum atomic E-state index is -0.787. The Kier molecular flexibility index (Phi) is 4.60. The summed E-state index contributed by atoms with van der Waals surface area (Å²) < 4.78 is 0. The van der Waals surface area contributed by atoms with Crippen molar-refractivity contribution in [1.82, 2.24) is 0 Å². The molecule has 0 amide bonds. The number of aliphatic hydroxyl groups excluding tert-OH is 3. The molecular weight excluding hydrogens is 132 g/mol. The highest BCUT2D eigenvalue weighted by Crippen LogP contribution is 2.05. The van der Waals surface area contributed by atoms with Gasteiger partial charge in [-0.05, 0) is 13.3 Å². The molecule has 10 heavy (non-hydrogen) atoms. The molecule has 0 saturated heterocycles. The fourth-order valence-corrected chi connectivity index (χ4v) is 0.779. The predicted octanol–water partition coefficient (Wildman–Crippen LogP) is -0.111. The van der Waals surface area contributed by atoms with Gasteiger partial charge in [-0.1, -0.05) is 6.92 Å². The number of hydrogen-bond donors (Lipinski definition) is 3. The fourth-order valence-electron chi connectivity index (χ4n) is 0.779. The largest absolute Gasteiger partial charge is 0.393 e. The van der Waals surface area contributed by atoms with Crippen molar-refractivity contribution in [3.63, 3.8) is 0 Å². The van der Waals surface area contributed by atoms with Crippen LogP contribution in [0.1, 0.15) is 26.7 Å². The summed E-state index contributed by atoms with van der Waals surface area (Å²) in [5.41, 5.74) is 0. The Balaban J connectivity index is 3.50. The Hall–Kier alpha value is -0.120. The molecule has 0 spiro atoms. The molecular formula is C7H16O3. The molecule has 3 atom stereocenters. The van der Waals surface area contributed by atoms with Crippen LogP contribution in [-0.4, -0.2) is 33.6 Å². The van der Waals surface area contributed by atoms with Crippen LogP contribution in [0.25, 0.3) is 0 Å². The number of hydrogen-bond acceptors (Lipinski definition) is 3. The van der Waals surface area contributed by atoms with Gasteiger partial charge in [0.2, 0.25) is 0 Å². The molecule has 0 unspecified atom stereocenters. The molecule has 3 nitrogen and oxygen atoms in total. The van der Waals surface area contributed by atoms with Gasteiger partial charge in [0.05, 0.1) is 18.3 Å². The first-order chi connectivity index (χ1) is 4.57. The zero-order valence-corrected chi connectivity index (χ0v) is 6.49. The van der Waals surface area contributed by atoms with E-state index in [1.54, 1.807) is 13.8 Å². The summed E-state index contributed by atoms with van der Waals surface area (Å²) in [6.07, 6.45) is -1.26. The van der Waals surface area contributed by atoms with Crippen LogP contribution < -0.4 is 0 Å². The monoisotopic (exact) mass is 148 g/mol. The molecule has 0 aromatic heterocycles. The van der Waals surface area contributed by atoms with E-state index >= 15 is 0 Å². The lowest BCUT2D eigenvalue weighted by molar-refractivity contribution is -0.00991. The smallest absolute Gasteiger partial charge is 0.0823 e. The average molecular weight is 148 g/mol. The molecule has 0 aliphatic carbocycles. The van der Waals surface area contributed by atoms with Crippen LogP contribution in [-0.2, 0) is 0 Å². The molecule has 62 valence electrons. The Bertz CT molecular complexity index is 82.9. The number of aliphatic hydroxyl groups is 3. The molecule has 0 fully saturated rings. The zero-order chi connectivity index (χ0) is 8.15. The van der Waals surface area contributed by atoms with Crippen LogP contribution in [0, 0.1) is 0 Å². The maximum atomic E-state index is 9.08. The van der Waals surface area contributed by atoms with Gasteiger partial charge >= 0.3 is 0 Å². The van der Waals surface area contributed by atoms with E-state index in [1.165, 1.54) is 0 Å². The first-order valence-electron chi connectivity index (χ1n) is 3.62. The van der Waals surface area contributed by atoms with Gasteiger partial charge in [-0.25, -0.2) is 0 Å². The first kappa shape index (κ1) is 9.88. The topological polar surface area (TPSA) is 60.7 Å². The second kappa shape index (κ2) is 4.66. The molecule has 0 aliphatic heterocycles. The van der Waals surface area contributed by atoms with E-state index in [1.807, 2.05) is 0 Å². The summed E-state index contributed by atoms with van der Waals surface area (Å²) in [6.45, 7) is 3.38. The highest BCUT2D eigenvalue weighted by atomic mass is 16.3. The van der Waals surface area contributed by atoms with Gasteiger partial charge in [0, 0.05) is 6.42 Å². The van der Waals surface area contributed by atoms with Crippen LogP contribution >= 0.6 is 0 Å². The quantitative estimate of drug-likeness (QED) is 0.521. The molecule has 0 heterocycles. The van der Waals surface area contributed by atoms with Gasteiger partial charge in [-0.15, -0.1) is 0 Å². The Morgan fingerprint density at radius 1 is 1.10 bits per heavy atom. The first-order valence-corrected chi connectivity index (χ1v) is 3.62. The molecule has 0 bridgehead atoms. The summed E-state index contributed by atoms with van der Waals surface area (Å²) in [5.74, 6) is 0. The van der Waals surface area contributed by atoms with E-state index < -0.39 is 18.3 Å². The summed E-state index contributed by atoms with van der Waals surface area (Å²) in [7, 11) is 0. The highest BCUT2D eigenvalue weighted by Gasteiger charge is 2.15. The van der Waals surface area contributed by atoms with Crippen LogP contribution in [0.2, 0.25) is 0 Å². The van der Waals surface area contributed by atoms with Gasteiger partial charge in [0.25, 0.3) is 0 Å². The predicted molar refractivity (Wildman–Crippen MR) is 38.6 cm³/mol. The Labute approximate surface area is 61.3 Å². The highest BCUT2D eigenvalue weighted by molar-refractivity contribution is 4.67.